The van der Waals surface area contributed by atoms with Gasteiger partial charge < -0.3 is 24.3 Å². The maximum Gasteiger partial charge on any atom is 0.254 e. The Morgan fingerprint density at radius 2 is 1.42 bits per heavy atom. The zero-order chi connectivity index (χ0) is 25.1. The summed E-state index contributed by atoms with van der Waals surface area (Å²) in [6, 6.07) is 15.0. The number of aryl methyl sites for hydroxylation is 1. The van der Waals surface area contributed by atoms with Crippen LogP contribution in [0.1, 0.15) is 16.2 Å². The average molecular weight is 491 g/mol. The summed E-state index contributed by atoms with van der Waals surface area (Å²) in [4.78, 5) is 31.3. The van der Waals surface area contributed by atoms with Crippen LogP contribution in [0.3, 0.4) is 0 Å². The van der Waals surface area contributed by atoms with Crippen LogP contribution >= 0.6 is 0 Å². The summed E-state index contributed by atoms with van der Waals surface area (Å²) >= 11 is 0. The van der Waals surface area contributed by atoms with Gasteiger partial charge in [0.05, 0.1) is 0 Å². The summed E-state index contributed by atoms with van der Waals surface area (Å²) in [6.07, 6.45) is 0. The molecule has 5 rings (SSSR count). The van der Waals surface area contributed by atoms with Gasteiger partial charge in [0.1, 0.15) is 34.8 Å². The minimum Gasteiger partial charge on any atom is -0.457 e. The van der Waals surface area contributed by atoms with E-state index in [1.165, 1.54) is 12.1 Å². The van der Waals surface area contributed by atoms with Crippen molar-refractivity contribution in [3.8, 4) is 11.5 Å². The molecule has 36 heavy (non-hydrogen) atoms. The number of hydrogen-bond donors (Lipinski definition) is 0. The highest BCUT2D eigenvalue weighted by atomic mass is 19.1. The van der Waals surface area contributed by atoms with Gasteiger partial charge in [-0.25, -0.2) is 14.4 Å². The predicted molar refractivity (Wildman–Crippen MR) is 138 cm³/mol. The molecule has 0 radical (unpaired) electrons. The van der Waals surface area contributed by atoms with Crippen molar-refractivity contribution in [3.63, 3.8) is 0 Å². The van der Waals surface area contributed by atoms with Gasteiger partial charge in [0.25, 0.3) is 5.91 Å². The molecule has 1 amide bonds. The van der Waals surface area contributed by atoms with Gasteiger partial charge in [-0.2, -0.15) is 0 Å². The van der Waals surface area contributed by atoms with Crippen molar-refractivity contribution in [1.82, 2.24) is 19.8 Å². The SMILES string of the molecule is Cc1nc(N2CCN(C)CC2)cc(N2CCN(C(=O)c3cccc(Oc4ccc(F)cc4)c3)CC2)n1. The average Bonchev–Trinajstić information content (AvgIpc) is 2.90. The molecule has 3 aromatic rings. The molecule has 0 aliphatic carbocycles. The second-order valence-corrected chi connectivity index (χ2v) is 9.28. The molecular formula is C27H31FN6O2. The van der Waals surface area contributed by atoms with Gasteiger partial charge in [0.15, 0.2) is 0 Å². The second kappa shape index (κ2) is 10.5. The number of rotatable bonds is 5. The topological polar surface area (TPSA) is 65.0 Å². The second-order valence-electron chi connectivity index (χ2n) is 9.28. The Bertz CT molecular complexity index is 1210. The largest absolute Gasteiger partial charge is 0.457 e. The van der Waals surface area contributed by atoms with E-state index in [1.54, 1.807) is 36.4 Å². The van der Waals surface area contributed by atoms with Gasteiger partial charge in [-0.3, -0.25) is 4.79 Å². The fraction of sp³-hybridized carbons (Fsp3) is 0.370. The van der Waals surface area contributed by atoms with Gasteiger partial charge in [-0.15, -0.1) is 0 Å². The van der Waals surface area contributed by atoms with Crippen molar-refractivity contribution in [2.24, 2.45) is 0 Å². The Hall–Kier alpha value is -3.72. The number of benzene rings is 2. The number of aromatic nitrogens is 2. The molecule has 0 N–H and O–H groups in total. The number of carbonyl (C=O) groups is 1. The van der Waals surface area contributed by atoms with Crippen LogP contribution in [-0.4, -0.2) is 85.1 Å². The van der Waals surface area contributed by atoms with Gasteiger partial charge in [-0.1, -0.05) is 6.07 Å². The fourth-order valence-corrected chi connectivity index (χ4v) is 4.55. The molecule has 2 saturated heterocycles. The Morgan fingerprint density at radius 1 is 0.806 bits per heavy atom. The lowest BCUT2D eigenvalue weighted by molar-refractivity contribution is 0.0746. The Labute approximate surface area is 210 Å². The van der Waals surface area contributed by atoms with Gasteiger partial charge in [0, 0.05) is 64.0 Å². The number of ether oxygens (including phenoxy) is 1. The highest BCUT2D eigenvalue weighted by Crippen LogP contribution is 2.25. The summed E-state index contributed by atoms with van der Waals surface area (Å²) in [5, 5.41) is 0. The first-order chi connectivity index (χ1) is 17.4. The summed E-state index contributed by atoms with van der Waals surface area (Å²) in [6.45, 7) is 8.52. The van der Waals surface area contributed by atoms with Gasteiger partial charge in [0.2, 0.25) is 0 Å². The maximum atomic E-state index is 13.2. The van der Waals surface area contributed by atoms with Crippen LogP contribution in [0.4, 0.5) is 16.0 Å². The smallest absolute Gasteiger partial charge is 0.254 e. The lowest BCUT2D eigenvalue weighted by atomic mass is 10.1. The van der Waals surface area contributed by atoms with E-state index in [9.17, 15) is 9.18 Å². The Morgan fingerprint density at radius 3 is 2.06 bits per heavy atom. The van der Waals surface area contributed by atoms with E-state index in [4.69, 9.17) is 4.74 Å². The first kappa shape index (κ1) is 24.0. The van der Waals surface area contributed by atoms with Crippen molar-refractivity contribution < 1.29 is 13.9 Å². The minimum absolute atomic E-state index is 0.0313. The lowest BCUT2D eigenvalue weighted by Crippen LogP contribution is -2.49. The number of likely N-dealkylation sites (N-methyl/N-ethyl adjacent to an activating group) is 1. The molecule has 8 nitrogen and oxygen atoms in total. The molecule has 9 heteroatoms. The van der Waals surface area contributed by atoms with Crippen molar-refractivity contribution in [2.75, 3.05) is 69.2 Å². The molecule has 0 spiro atoms. The third-order valence-corrected chi connectivity index (χ3v) is 6.66. The van der Waals surface area contributed by atoms with Gasteiger partial charge in [-0.05, 0) is 56.4 Å². The van der Waals surface area contributed by atoms with E-state index in [0.717, 1.165) is 43.6 Å². The molecule has 0 bridgehead atoms. The Kier molecular flexibility index (Phi) is 6.99. The third-order valence-electron chi connectivity index (χ3n) is 6.66. The van der Waals surface area contributed by atoms with Crippen LogP contribution < -0.4 is 14.5 Å². The molecule has 1 aromatic heterocycles. The number of nitrogens with zero attached hydrogens (tertiary/aromatic N) is 6. The van der Waals surface area contributed by atoms with E-state index in [2.05, 4.69) is 37.8 Å². The first-order valence-electron chi connectivity index (χ1n) is 12.3. The molecule has 188 valence electrons. The molecule has 2 fully saturated rings. The summed E-state index contributed by atoms with van der Waals surface area (Å²) in [7, 11) is 2.14. The van der Waals surface area contributed by atoms with Crippen LogP contribution in [0.2, 0.25) is 0 Å². The standard InChI is InChI=1S/C27H31FN6O2/c1-20-29-25(32-12-10-31(2)11-13-32)19-26(30-20)33-14-16-34(17-15-33)27(35)21-4-3-5-24(18-21)36-23-8-6-22(28)7-9-23/h3-9,18-19H,10-17H2,1-2H3. The van der Waals surface area contributed by atoms with Crippen molar-refractivity contribution >= 4 is 17.5 Å². The zero-order valence-corrected chi connectivity index (χ0v) is 20.7. The summed E-state index contributed by atoms with van der Waals surface area (Å²) in [5.74, 6) is 3.36. The van der Waals surface area contributed by atoms with Crippen molar-refractivity contribution in [3.05, 3.63) is 71.8 Å². The quantitative estimate of drug-likeness (QED) is 0.543. The zero-order valence-electron chi connectivity index (χ0n) is 20.7. The monoisotopic (exact) mass is 490 g/mol. The van der Waals surface area contributed by atoms with Crippen LogP contribution in [0.5, 0.6) is 11.5 Å². The van der Waals surface area contributed by atoms with E-state index >= 15 is 0 Å². The summed E-state index contributed by atoms with van der Waals surface area (Å²) < 4.78 is 19.0. The van der Waals surface area contributed by atoms with Crippen LogP contribution in [0.25, 0.3) is 0 Å². The number of amides is 1. The third kappa shape index (κ3) is 5.57. The van der Waals surface area contributed by atoms with E-state index in [-0.39, 0.29) is 11.7 Å². The highest BCUT2D eigenvalue weighted by Gasteiger charge is 2.25. The van der Waals surface area contributed by atoms with Crippen LogP contribution in [-0.2, 0) is 0 Å². The Balaban J connectivity index is 1.22. The number of anilines is 2. The minimum atomic E-state index is -0.321. The molecule has 2 aliphatic rings. The number of halogens is 1. The number of carbonyl (C=O) groups excluding carboxylic acids is 1. The molecular weight excluding hydrogens is 459 g/mol. The van der Waals surface area contributed by atoms with Crippen molar-refractivity contribution in [2.45, 2.75) is 6.92 Å². The van der Waals surface area contributed by atoms with Crippen molar-refractivity contribution in [1.29, 1.82) is 0 Å². The number of hydrogen-bond acceptors (Lipinski definition) is 7. The number of piperazine rings is 2. The van der Waals surface area contributed by atoms with Crippen LogP contribution in [0, 0.1) is 12.7 Å². The fourth-order valence-electron chi connectivity index (χ4n) is 4.55. The van der Waals surface area contributed by atoms with Gasteiger partial charge >= 0.3 is 0 Å². The molecule has 0 unspecified atom stereocenters. The summed E-state index contributed by atoms with van der Waals surface area (Å²) in [5.41, 5.74) is 0.568. The first-order valence-corrected chi connectivity index (χ1v) is 12.3. The molecule has 2 aliphatic heterocycles. The van der Waals surface area contributed by atoms with E-state index < -0.39 is 0 Å². The molecule has 3 heterocycles. The van der Waals surface area contributed by atoms with E-state index in [1.807, 2.05) is 11.8 Å². The molecule has 0 saturated carbocycles. The predicted octanol–water partition coefficient (Wildman–Crippen LogP) is 3.43. The van der Waals surface area contributed by atoms with E-state index in [0.29, 0.717) is 43.2 Å². The highest BCUT2D eigenvalue weighted by molar-refractivity contribution is 5.94. The molecule has 2 aromatic carbocycles. The maximum absolute atomic E-state index is 13.2. The lowest BCUT2D eigenvalue weighted by Gasteiger charge is -2.37. The van der Waals surface area contributed by atoms with Crippen LogP contribution in [0.15, 0.2) is 54.6 Å². The normalized spacial score (nSPS) is 16.8. The molecule has 0 atom stereocenters.